The van der Waals surface area contributed by atoms with Crippen LogP contribution in [0.4, 0.5) is 0 Å². The smallest absolute Gasteiger partial charge is 0.155 e. The number of benzene rings is 1. The Kier molecular flexibility index (Phi) is 2.93. The molecule has 0 fully saturated rings. The van der Waals surface area contributed by atoms with E-state index in [2.05, 4.69) is 41.1 Å². The molecule has 0 unspecified atom stereocenters. The van der Waals surface area contributed by atoms with Gasteiger partial charge in [0.15, 0.2) is 5.78 Å². The summed E-state index contributed by atoms with van der Waals surface area (Å²) in [6, 6.07) is 6.64. The van der Waals surface area contributed by atoms with Crippen molar-refractivity contribution in [2.24, 2.45) is 0 Å². The maximum atomic E-state index is 11.7. The molecule has 0 spiro atoms. The quantitative estimate of drug-likeness (QED) is 0.754. The summed E-state index contributed by atoms with van der Waals surface area (Å²) in [5.41, 5.74) is 4.43. The summed E-state index contributed by atoms with van der Waals surface area (Å²) in [6.45, 7) is 2.25. The van der Waals surface area contributed by atoms with Crippen LogP contribution in [0.3, 0.4) is 0 Å². The first-order chi connectivity index (χ1) is 8.65. The second-order valence-electron chi connectivity index (χ2n) is 5.37. The molecule has 1 aromatic rings. The molecule has 0 saturated heterocycles. The zero-order valence-corrected chi connectivity index (χ0v) is 12.2. The molecule has 1 nitrogen and oxygen atoms in total. The van der Waals surface area contributed by atoms with Crippen molar-refractivity contribution in [3.63, 3.8) is 0 Å². The predicted octanol–water partition coefficient (Wildman–Crippen LogP) is 4.33. The van der Waals surface area contributed by atoms with Gasteiger partial charge in [-0.15, -0.1) is 0 Å². The highest BCUT2D eigenvalue weighted by atomic mass is 79.9. The molecule has 0 N–H and O–H groups in total. The Balaban J connectivity index is 2.19. The van der Waals surface area contributed by atoms with Gasteiger partial charge in [-0.25, -0.2) is 0 Å². The van der Waals surface area contributed by atoms with Crippen molar-refractivity contribution in [2.45, 2.75) is 44.4 Å². The summed E-state index contributed by atoms with van der Waals surface area (Å²) in [5, 5.41) is 0. The van der Waals surface area contributed by atoms with Crippen LogP contribution in [-0.4, -0.2) is 5.78 Å². The third kappa shape index (κ3) is 1.70. The van der Waals surface area contributed by atoms with Crippen molar-refractivity contribution in [1.82, 2.24) is 0 Å². The molecule has 94 valence electrons. The van der Waals surface area contributed by atoms with E-state index in [1.807, 2.05) is 6.08 Å². The molecule has 0 radical (unpaired) electrons. The Morgan fingerprint density at radius 3 is 2.89 bits per heavy atom. The first kappa shape index (κ1) is 12.2. The van der Waals surface area contributed by atoms with Crippen LogP contribution in [-0.2, 0) is 16.6 Å². The second-order valence-corrected chi connectivity index (χ2v) is 6.29. The van der Waals surface area contributed by atoms with E-state index in [1.54, 1.807) is 0 Å². The third-order valence-corrected chi connectivity index (χ3v) is 5.09. The Morgan fingerprint density at radius 2 is 2.11 bits per heavy atom. The number of hydrogen-bond donors (Lipinski definition) is 0. The Bertz CT molecular complexity index is 544. The van der Waals surface area contributed by atoms with Gasteiger partial charge in [0.25, 0.3) is 0 Å². The molecule has 0 aromatic heterocycles. The number of allylic oxidation sites excluding steroid dienone is 2. The number of fused-ring (bicyclic) bond motifs is 3. The molecule has 2 heteroatoms. The van der Waals surface area contributed by atoms with Crippen molar-refractivity contribution in [2.75, 3.05) is 0 Å². The Morgan fingerprint density at radius 1 is 1.28 bits per heavy atom. The lowest BCUT2D eigenvalue weighted by Gasteiger charge is -2.43. The van der Waals surface area contributed by atoms with Crippen LogP contribution in [0.15, 0.2) is 34.3 Å². The number of hydrogen-bond acceptors (Lipinski definition) is 1. The van der Waals surface area contributed by atoms with Crippen LogP contribution >= 0.6 is 15.9 Å². The summed E-state index contributed by atoms with van der Waals surface area (Å²) < 4.78 is 1.16. The average Bonchev–Trinajstić information content (AvgIpc) is 2.38. The van der Waals surface area contributed by atoms with E-state index in [4.69, 9.17) is 0 Å². The summed E-state index contributed by atoms with van der Waals surface area (Å²) in [7, 11) is 0. The number of halogens is 1. The van der Waals surface area contributed by atoms with E-state index < -0.39 is 0 Å². The monoisotopic (exact) mass is 304 g/mol. The highest BCUT2D eigenvalue weighted by molar-refractivity contribution is 9.10. The first-order valence-electron chi connectivity index (χ1n) is 6.68. The van der Waals surface area contributed by atoms with Crippen molar-refractivity contribution in [3.05, 3.63) is 45.4 Å². The van der Waals surface area contributed by atoms with Crippen LogP contribution in [0.25, 0.3) is 0 Å². The van der Waals surface area contributed by atoms with Gasteiger partial charge in [-0.05, 0) is 55.0 Å². The zero-order valence-electron chi connectivity index (χ0n) is 10.6. The number of carbonyl (C=O) groups is 1. The van der Waals surface area contributed by atoms with Crippen LogP contribution in [0.5, 0.6) is 0 Å². The van der Waals surface area contributed by atoms with Gasteiger partial charge in [-0.2, -0.15) is 0 Å². The maximum Gasteiger partial charge on any atom is 0.155 e. The fourth-order valence-electron chi connectivity index (χ4n) is 3.62. The predicted molar refractivity (Wildman–Crippen MR) is 76.8 cm³/mol. The molecule has 2 aliphatic rings. The van der Waals surface area contributed by atoms with Crippen molar-refractivity contribution >= 4 is 21.7 Å². The lowest BCUT2D eigenvalue weighted by molar-refractivity contribution is -0.115. The van der Waals surface area contributed by atoms with Crippen LogP contribution in [0.2, 0.25) is 0 Å². The lowest BCUT2D eigenvalue weighted by atomic mass is 9.60. The van der Waals surface area contributed by atoms with Gasteiger partial charge in [-0.1, -0.05) is 34.5 Å². The molecule has 2 aliphatic carbocycles. The van der Waals surface area contributed by atoms with Crippen molar-refractivity contribution in [1.29, 1.82) is 0 Å². The molecule has 0 bridgehead atoms. The average molecular weight is 305 g/mol. The van der Waals surface area contributed by atoms with Gasteiger partial charge in [-0.3, -0.25) is 4.79 Å². The lowest BCUT2D eigenvalue weighted by Crippen LogP contribution is -2.36. The fraction of sp³-hybridized carbons (Fsp3) is 0.438. The van der Waals surface area contributed by atoms with Crippen LogP contribution < -0.4 is 0 Å². The summed E-state index contributed by atoms with van der Waals surface area (Å²) in [6.07, 6.45) is 6.83. The van der Waals surface area contributed by atoms with E-state index >= 15 is 0 Å². The SMILES string of the molecule is CC[C@]12CCC(=O)C=C1CCc1cc(Br)ccc12. The van der Waals surface area contributed by atoms with E-state index in [1.165, 1.54) is 16.7 Å². The summed E-state index contributed by atoms with van der Waals surface area (Å²) in [4.78, 5) is 11.7. The Labute approximate surface area is 116 Å². The van der Waals surface area contributed by atoms with Crippen LogP contribution in [0, 0.1) is 0 Å². The minimum Gasteiger partial charge on any atom is -0.295 e. The second kappa shape index (κ2) is 4.34. The fourth-order valence-corrected chi connectivity index (χ4v) is 4.03. The van der Waals surface area contributed by atoms with Crippen LogP contribution in [0.1, 0.15) is 43.7 Å². The topological polar surface area (TPSA) is 17.1 Å². The molecule has 18 heavy (non-hydrogen) atoms. The molecule has 0 heterocycles. The normalized spacial score (nSPS) is 26.3. The summed E-state index contributed by atoms with van der Waals surface area (Å²) in [5.74, 6) is 0.314. The number of rotatable bonds is 1. The number of carbonyl (C=O) groups excluding carboxylic acids is 1. The molecule has 3 rings (SSSR count). The Hall–Kier alpha value is -0.890. The molecule has 0 aliphatic heterocycles. The minimum absolute atomic E-state index is 0.141. The largest absolute Gasteiger partial charge is 0.295 e. The molecule has 1 atom stereocenters. The van der Waals surface area contributed by atoms with Gasteiger partial charge < -0.3 is 0 Å². The molecule has 0 saturated carbocycles. The molecular weight excluding hydrogens is 288 g/mol. The molecular formula is C16H17BrO. The van der Waals surface area contributed by atoms with Crippen molar-refractivity contribution < 1.29 is 4.79 Å². The van der Waals surface area contributed by atoms with E-state index in [0.29, 0.717) is 12.2 Å². The van der Waals surface area contributed by atoms with E-state index in [9.17, 15) is 4.79 Å². The number of aryl methyl sites for hydroxylation is 1. The highest BCUT2D eigenvalue weighted by Gasteiger charge is 2.41. The summed E-state index contributed by atoms with van der Waals surface area (Å²) >= 11 is 3.56. The maximum absolute atomic E-state index is 11.7. The first-order valence-corrected chi connectivity index (χ1v) is 7.48. The number of ketones is 1. The van der Waals surface area contributed by atoms with E-state index in [-0.39, 0.29) is 5.41 Å². The van der Waals surface area contributed by atoms with Gasteiger partial charge in [0.1, 0.15) is 0 Å². The highest BCUT2D eigenvalue weighted by Crippen LogP contribution is 2.49. The molecule has 1 aromatic carbocycles. The van der Waals surface area contributed by atoms with Gasteiger partial charge in [0.2, 0.25) is 0 Å². The molecule has 0 amide bonds. The zero-order chi connectivity index (χ0) is 12.8. The van der Waals surface area contributed by atoms with Gasteiger partial charge in [0, 0.05) is 16.3 Å². The van der Waals surface area contributed by atoms with Gasteiger partial charge >= 0.3 is 0 Å². The van der Waals surface area contributed by atoms with Crippen molar-refractivity contribution in [3.8, 4) is 0 Å². The third-order valence-electron chi connectivity index (χ3n) is 4.60. The standard InChI is InChI=1S/C16H17BrO/c1-2-16-8-7-14(18)10-12(16)4-3-11-9-13(17)5-6-15(11)16/h5-6,9-10H,2-4,7-8H2,1H3/t16-/m0/s1. The van der Waals surface area contributed by atoms with Gasteiger partial charge in [0.05, 0.1) is 0 Å². The minimum atomic E-state index is 0.141. The van der Waals surface area contributed by atoms with E-state index in [0.717, 1.165) is 30.2 Å².